The lowest BCUT2D eigenvalue weighted by atomic mass is 10.0. The molecule has 35 heavy (non-hydrogen) atoms. The Morgan fingerprint density at radius 3 is 2.63 bits per heavy atom. The summed E-state index contributed by atoms with van der Waals surface area (Å²) < 4.78 is 11.5. The van der Waals surface area contributed by atoms with Crippen LogP contribution < -0.4 is 14.8 Å². The Balaban J connectivity index is 1.97. The van der Waals surface area contributed by atoms with Gasteiger partial charge >= 0.3 is 0 Å². The molecule has 0 saturated carbocycles. The van der Waals surface area contributed by atoms with Crippen molar-refractivity contribution in [3.8, 4) is 11.5 Å². The highest BCUT2D eigenvalue weighted by molar-refractivity contribution is 7.80. The van der Waals surface area contributed by atoms with Gasteiger partial charge in [0.2, 0.25) is 0 Å². The van der Waals surface area contributed by atoms with Crippen molar-refractivity contribution >= 4 is 40.9 Å². The quantitative estimate of drug-likeness (QED) is 0.134. The van der Waals surface area contributed by atoms with Crippen molar-refractivity contribution in [3.63, 3.8) is 0 Å². The number of thiocarbonyl (C=S) groups is 1. The number of carbonyl (C=O) groups is 2. The maximum absolute atomic E-state index is 12.8. The van der Waals surface area contributed by atoms with Crippen LogP contribution in [0.4, 0.5) is 5.69 Å². The van der Waals surface area contributed by atoms with Gasteiger partial charge in [-0.3, -0.25) is 29.9 Å². The van der Waals surface area contributed by atoms with E-state index in [9.17, 15) is 19.7 Å². The first kappa shape index (κ1) is 25.3. The van der Waals surface area contributed by atoms with Crippen molar-refractivity contribution < 1.29 is 24.0 Å². The summed E-state index contributed by atoms with van der Waals surface area (Å²) in [6.07, 6.45) is 5.05. The zero-order chi connectivity index (χ0) is 25.5. The van der Waals surface area contributed by atoms with Crippen LogP contribution in [-0.2, 0) is 22.6 Å². The van der Waals surface area contributed by atoms with E-state index >= 15 is 0 Å². The SMILES string of the molecule is C=CCc1cc(/C=C2\C(=O)NC(=S)N(CC=C)C2=O)cc(OC)c1OCc1cccc([N+](=O)[O-])c1. The number of amides is 2. The Labute approximate surface area is 207 Å². The number of nitrogens with zero attached hydrogens (tertiary/aromatic N) is 2. The molecule has 2 aromatic carbocycles. The Hall–Kier alpha value is -4.31. The molecule has 2 amide bonds. The molecule has 9 nitrogen and oxygen atoms in total. The third-order valence-electron chi connectivity index (χ3n) is 5.05. The maximum Gasteiger partial charge on any atom is 0.269 e. The van der Waals surface area contributed by atoms with E-state index < -0.39 is 16.7 Å². The van der Waals surface area contributed by atoms with E-state index in [1.165, 1.54) is 36.3 Å². The first-order valence-corrected chi connectivity index (χ1v) is 10.9. The second kappa shape index (κ2) is 11.2. The fourth-order valence-electron chi connectivity index (χ4n) is 3.46. The first-order chi connectivity index (χ1) is 16.8. The third kappa shape index (κ3) is 5.79. The van der Waals surface area contributed by atoms with Gasteiger partial charge in [0, 0.05) is 24.2 Å². The van der Waals surface area contributed by atoms with Gasteiger partial charge in [-0.1, -0.05) is 24.3 Å². The topological polar surface area (TPSA) is 111 Å². The zero-order valence-electron chi connectivity index (χ0n) is 19.0. The number of nitrogens with one attached hydrogen (secondary N) is 1. The fourth-order valence-corrected chi connectivity index (χ4v) is 3.71. The Morgan fingerprint density at radius 1 is 1.20 bits per heavy atom. The monoisotopic (exact) mass is 493 g/mol. The van der Waals surface area contributed by atoms with Gasteiger partial charge in [0.05, 0.1) is 12.0 Å². The lowest BCUT2D eigenvalue weighted by molar-refractivity contribution is -0.384. The van der Waals surface area contributed by atoms with Crippen molar-refractivity contribution in [3.05, 3.63) is 94.1 Å². The van der Waals surface area contributed by atoms with Crippen molar-refractivity contribution in [2.75, 3.05) is 13.7 Å². The highest BCUT2D eigenvalue weighted by atomic mass is 32.1. The molecule has 1 saturated heterocycles. The van der Waals surface area contributed by atoms with Crippen molar-refractivity contribution in [1.29, 1.82) is 0 Å². The second-order valence-corrected chi connectivity index (χ2v) is 7.83. The summed E-state index contributed by atoms with van der Waals surface area (Å²) in [5, 5.41) is 13.6. The van der Waals surface area contributed by atoms with Crippen molar-refractivity contribution in [1.82, 2.24) is 10.2 Å². The summed E-state index contributed by atoms with van der Waals surface area (Å²) in [5.74, 6) is -0.344. The second-order valence-electron chi connectivity index (χ2n) is 7.44. The molecule has 1 N–H and O–H groups in total. The number of non-ortho nitro benzene ring substituents is 1. The summed E-state index contributed by atoms with van der Waals surface area (Å²) in [4.78, 5) is 37.1. The van der Waals surface area contributed by atoms with Gasteiger partial charge in [0.25, 0.3) is 17.5 Å². The van der Waals surface area contributed by atoms with E-state index in [0.717, 1.165) is 0 Å². The Morgan fingerprint density at radius 2 is 1.97 bits per heavy atom. The lowest BCUT2D eigenvalue weighted by Gasteiger charge is -2.27. The number of nitro benzene ring substituents is 1. The van der Waals surface area contributed by atoms with Gasteiger partial charge in [-0.25, -0.2) is 0 Å². The maximum atomic E-state index is 12.8. The summed E-state index contributed by atoms with van der Waals surface area (Å²) in [6, 6.07) is 9.53. The molecule has 0 unspecified atom stereocenters. The van der Waals surface area contributed by atoms with Gasteiger partial charge in [-0.2, -0.15) is 0 Å². The largest absolute Gasteiger partial charge is 0.493 e. The van der Waals surface area contributed by atoms with Crippen LogP contribution in [0.3, 0.4) is 0 Å². The normalized spacial score (nSPS) is 14.5. The number of hydrogen-bond donors (Lipinski definition) is 1. The molecule has 1 aliphatic heterocycles. The molecule has 3 rings (SSSR count). The molecule has 1 fully saturated rings. The Bertz CT molecular complexity index is 1250. The number of rotatable bonds is 10. The average molecular weight is 494 g/mol. The van der Waals surface area contributed by atoms with E-state index in [1.54, 1.807) is 30.3 Å². The molecule has 0 spiro atoms. The van der Waals surface area contributed by atoms with Crippen molar-refractivity contribution in [2.45, 2.75) is 13.0 Å². The summed E-state index contributed by atoms with van der Waals surface area (Å²) >= 11 is 5.08. The number of benzene rings is 2. The molecular formula is C25H23N3O6S. The predicted octanol–water partition coefficient (Wildman–Crippen LogP) is 3.72. The van der Waals surface area contributed by atoms with E-state index in [-0.39, 0.29) is 29.5 Å². The van der Waals surface area contributed by atoms with E-state index in [1.807, 2.05) is 0 Å². The molecule has 1 aliphatic rings. The van der Waals surface area contributed by atoms with Crippen LogP contribution in [0.2, 0.25) is 0 Å². The first-order valence-electron chi connectivity index (χ1n) is 10.5. The van der Waals surface area contributed by atoms with Crippen LogP contribution in [0.25, 0.3) is 6.08 Å². The molecular weight excluding hydrogens is 470 g/mol. The molecule has 2 aromatic rings. The van der Waals surface area contributed by atoms with Crippen LogP contribution in [0.5, 0.6) is 11.5 Å². The van der Waals surface area contributed by atoms with Crippen LogP contribution in [0, 0.1) is 10.1 Å². The number of carbonyl (C=O) groups excluding carboxylic acids is 2. The van der Waals surface area contributed by atoms with E-state index in [4.69, 9.17) is 21.7 Å². The smallest absolute Gasteiger partial charge is 0.269 e. The number of ether oxygens (including phenoxy) is 2. The highest BCUT2D eigenvalue weighted by Crippen LogP contribution is 2.35. The molecule has 10 heteroatoms. The number of hydrogen-bond acceptors (Lipinski definition) is 7. The molecule has 0 bridgehead atoms. The van der Waals surface area contributed by atoms with E-state index in [2.05, 4.69) is 18.5 Å². The summed E-state index contributed by atoms with van der Waals surface area (Å²) in [6.45, 7) is 7.61. The van der Waals surface area contributed by atoms with Gasteiger partial charge in [-0.05, 0) is 48.0 Å². The minimum absolute atomic E-state index is 0.0203. The number of allylic oxidation sites excluding steroid dienone is 1. The molecule has 0 aliphatic carbocycles. The summed E-state index contributed by atoms with van der Waals surface area (Å²) in [7, 11) is 1.47. The predicted molar refractivity (Wildman–Crippen MR) is 135 cm³/mol. The lowest BCUT2D eigenvalue weighted by Crippen LogP contribution is -2.53. The Kier molecular flexibility index (Phi) is 8.11. The molecule has 0 atom stereocenters. The third-order valence-corrected chi connectivity index (χ3v) is 5.37. The van der Waals surface area contributed by atoms with E-state index in [0.29, 0.717) is 34.6 Å². The van der Waals surface area contributed by atoms with Crippen molar-refractivity contribution in [2.24, 2.45) is 0 Å². The summed E-state index contributed by atoms with van der Waals surface area (Å²) in [5.41, 5.74) is 1.72. The van der Waals surface area contributed by atoms with Crippen LogP contribution in [-0.4, -0.2) is 40.4 Å². The van der Waals surface area contributed by atoms with Crippen LogP contribution in [0.15, 0.2) is 67.3 Å². The number of nitro groups is 1. The van der Waals surface area contributed by atoms with Gasteiger partial charge in [0.1, 0.15) is 12.2 Å². The highest BCUT2D eigenvalue weighted by Gasteiger charge is 2.32. The number of methoxy groups -OCH3 is 1. The van der Waals surface area contributed by atoms with Crippen LogP contribution >= 0.6 is 12.2 Å². The minimum Gasteiger partial charge on any atom is -0.493 e. The average Bonchev–Trinajstić information content (AvgIpc) is 2.83. The zero-order valence-corrected chi connectivity index (χ0v) is 19.8. The van der Waals surface area contributed by atoms with Gasteiger partial charge in [-0.15, -0.1) is 13.2 Å². The minimum atomic E-state index is -0.601. The standard InChI is InChI=1S/C25H23N3O6S/c1-4-7-18-11-17(13-20-23(29)26-25(35)27(10-5-2)24(20)30)14-21(33-3)22(18)34-15-16-8-6-9-19(12-16)28(31)32/h4-6,8-9,11-14H,1-2,7,10,15H2,3H3,(H,26,29,35)/b20-13+. The van der Waals surface area contributed by atoms with Gasteiger partial charge < -0.3 is 9.47 Å². The molecule has 0 aromatic heterocycles. The van der Waals surface area contributed by atoms with Crippen LogP contribution in [0.1, 0.15) is 16.7 Å². The molecule has 1 heterocycles. The molecule has 180 valence electrons. The molecule has 0 radical (unpaired) electrons. The van der Waals surface area contributed by atoms with Gasteiger partial charge in [0.15, 0.2) is 16.6 Å². The fraction of sp³-hybridized carbons (Fsp3) is 0.160.